The van der Waals surface area contributed by atoms with E-state index in [-0.39, 0.29) is 34.5 Å². The average molecular weight is 448 g/mol. The Bertz CT molecular complexity index is 1130. The molecular weight excluding hydrogens is 432 g/mol. The molecule has 31 heavy (non-hydrogen) atoms. The van der Waals surface area contributed by atoms with Crippen LogP contribution < -0.4 is 15.4 Å². The summed E-state index contributed by atoms with van der Waals surface area (Å²) >= 11 is 5.59. The fraction of sp³-hybridized carbons (Fsp3) is 0.0952. The molecule has 0 aliphatic heterocycles. The second kappa shape index (κ2) is 9.86. The average Bonchev–Trinajstić information content (AvgIpc) is 2.76. The van der Waals surface area contributed by atoms with Crippen molar-refractivity contribution in [3.05, 3.63) is 82.6 Å². The van der Waals surface area contributed by atoms with Gasteiger partial charge in [0.25, 0.3) is 5.91 Å². The lowest BCUT2D eigenvalue weighted by molar-refractivity contribution is 0.0957. The van der Waals surface area contributed by atoms with E-state index in [2.05, 4.69) is 15.6 Å². The largest absolute Gasteiger partial charge is 0.457 e. The minimum Gasteiger partial charge on any atom is -0.457 e. The standard InChI is InChI=1S/C21H16ClF2N3O4/c1-25-20(28)19-10-14(6-7-26-19)31-13-3-5-18(17(24)9-13)27-21(29)30-11-12-2-4-15(22)16(23)8-12/h2-10H,11H2,1H3,(H,25,28)(H,27,29). The lowest BCUT2D eigenvalue weighted by atomic mass is 10.2. The topological polar surface area (TPSA) is 89.6 Å². The molecule has 0 atom stereocenters. The number of rotatable bonds is 6. The van der Waals surface area contributed by atoms with Gasteiger partial charge in [0.05, 0.1) is 10.7 Å². The number of carbonyl (C=O) groups excluding carboxylic acids is 2. The lowest BCUT2D eigenvalue weighted by Crippen LogP contribution is -2.18. The Kier molecular flexibility index (Phi) is 6.99. The fourth-order valence-electron chi connectivity index (χ4n) is 2.45. The quantitative estimate of drug-likeness (QED) is 0.560. The Morgan fingerprint density at radius 3 is 2.52 bits per heavy atom. The van der Waals surface area contributed by atoms with E-state index in [1.807, 2.05) is 0 Å². The molecule has 0 spiro atoms. The highest BCUT2D eigenvalue weighted by molar-refractivity contribution is 6.30. The van der Waals surface area contributed by atoms with Gasteiger partial charge in [-0.2, -0.15) is 0 Å². The molecule has 2 aromatic carbocycles. The Balaban J connectivity index is 1.60. The van der Waals surface area contributed by atoms with Crippen LogP contribution in [0, 0.1) is 11.6 Å². The van der Waals surface area contributed by atoms with Crippen LogP contribution in [0.3, 0.4) is 0 Å². The third kappa shape index (κ3) is 5.89. The number of anilines is 1. The van der Waals surface area contributed by atoms with Crippen molar-refractivity contribution in [2.45, 2.75) is 6.61 Å². The van der Waals surface area contributed by atoms with Gasteiger partial charge < -0.3 is 14.8 Å². The maximum atomic E-state index is 14.3. The van der Waals surface area contributed by atoms with E-state index < -0.39 is 23.6 Å². The second-order valence-corrected chi connectivity index (χ2v) is 6.56. The number of hydrogen-bond acceptors (Lipinski definition) is 5. The summed E-state index contributed by atoms with van der Waals surface area (Å²) in [5.41, 5.74) is 0.386. The van der Waals surface area contributed by atoms with Crippen LogP contribution >= 0.6 is 11.6 Å². The van der Waals surface area contributed by atoms with E-state index in [1.54, 1.807) is 0 Å². The molecule has 2 N–H and O–H groups in total. The van der Waals surface area contributed by atoms with Crippen molar-refractivity contribution >= 4 is 29.3 Å². The highest BCUT2D eigenvalue weighted by atomic mass is 35.5. The molecule has 0 aliphatic carbocycles. The first-order chi connectivity index (χ1) is 14.9. The summed E-state index contributed by atoms with van der Waals surface area (Å²) < 4.78 is 38.2. The summed E-state index contributed by atoms with van der Waals surface area (Å²) in [7, 11) is 1.47. The van der Waals surface area contributed by atoms with E-state index in [4.69, 9.17) is 21.1 Å². The number of hydrogen-bond donors (Lipinski definition) is 2. The third-order valence-corrected chi connectivity index (χ3v) is 4.26. The number of nitrogens with one attached hydrogen (secondary N) is 2. The lowest BCUT2D eigenvalue weighted by Gasteiger charge is -2.10. The zero-order chi connectivity index (χ0) is 22.4. The molecule has 0 saturated heterocycles. The summed E-state index contributed by atoms with van der Waals surface area (Å²) in [6.45, 7) is -0.224. The number of amides is 2. The van der Waals surface area contributed by atoms with Gasteiger partial charge in [-0.3, -0.25) is 15.1 Å². The number of nitrogens with zero attached hydrogens (tertiary/aromatic N) is 1. The Morgan fingerprint density at radius 2 is 1.81 bits per heavy atom. The molecule has 0 bridgehead atoms. The van der Waals surface area contributed by atoms with Crippen LogP contribution in [0.5, 0.6) is 11.5 Å². The number of carbonyl (C=O) groups is 2. The van der Waals surface area contributed by atoms with Crippen molar-refractivity contribution in [3.63, 3.8) is 0 Å². The van der Waals surface area contributed by atoms with Gasteiger partial charge in [-0.05, 0) is 35.9 Å². The molecule has 0 unspecified atom stereocenters. The molecule has 0 aliphatic rings. The molecule has 10 heteroatoms. The first-order valence-electron chi connectivity index (χ1n) is 8.89. The summed E-state index contributed by atoms with van der Waals surface area (Å²) in [6.07, 6.45) is 0.460. The Morgan fingerprint density at radius 1 is 1.03 bits per heavy atom. The summed E-state index contributed by atoms with van der Waals surface area (Å²) in [5, 5.41) is 4.65. The van der Waals surface area contributed by atoms with Crippen LogP contribution in [0.15, 0.2) is 54.7 Å². The van der Waals surface area contributed by atoms with Gasteiger partial charge in [0.15, 0.2) is 5.82 Å². The molecule has 0 fully saturated rings. The van der Waals surface area contributed by atoms with Crippen LogP contribution in [-0.2, 0) is 11.3 Å². The van der Waals surface area contributed by atoms with E-state index >= 15 is 0 Å². The molecule has 0 saturated carbocycles. The van der Waals surface area contributed by atoms with Crippen molar-refractivity contribution in [2.24, 2.45) is 0 Å². The molecular formula is C21H16ClF2N3O4. The van der Waals surface area contributed by atoms with Crippen LogP contribution in [0.1, 0.15) is 16.1 Å². The highest BCUT2D eigenvalue weighted by Crippen LogP contribution is 2.26. The van der Waals surface area contributed by atoms with Gasteiger partial charge in [0.2, 0.25) is 0 Å². The molecule has 1 aromatic heterocycles. The van der Waals surface area contributed by atoms with Crippen molar-refractivity contribution in [1.82, 2.24) is 10.3 Å². The number of aromatic nitrogens is 1. The SMILES string of the molecule is CNC(=O)c1cc(Oc2ccc(NC(=O)OCc3ccc(Cl)c(F)c3)c(F)c2)ccn1. The van der Waals surface area contributed by atoms with Crippen LogP contribution in [-0.4, -0.2) is 24.0 Å². The van der Waals surface area contributed by atoms with Crippen molar-refractivity contribution in [2.75, 3.05) is 12.4 Å². The summed E-state index contributed by atoms with van der Waals surface area (Å²) in [4.78, 5) is 27.4. The van der Waals surface area contributed by atoms with Crippen molar-refractivity contribution < 1.29 is 27.8 Å². The molecule has 2 amide bonds. The zero-order valence-corrected chi connectivity index (χ0v) is 16.9. The van der Waals surface area contributed by atoms with Gasteiger partial charge >= 0.3 is 6.09 Å². The Hall–Kier alpha value is -3.72. The minimum absolute atomic E-state index is 0.0470. The van der Waals surface area contributed by atoms with Gasteiger partial charge in [0.1, 0.15) is 29.6 Å². The number of pyridine rings is 1. The van der Waals surface area contributed by atoms with E-state index in [9.17, 15) is 18.4 Å². The fourth-order valence-corrected chi connectivity index (χ4v) is 2.57. The van der Waals surface area contributed by atoms with Crippen molar-refractivity contribution in [1.29, 1.82) is 0 Å². The summed E-state index contributed by atoms with van der Waals surface area (Å²) in [6, 6.07) is 10.7. The maximum Gasteiger partial charge on any atom is 0.412 e. The predicted octanol–water partition coefficient (Wildman–Crippen LogP) is 4.91. The summed E-state index contributed by atoms with van der Waals surface area (Å²) in [5.74, 6) is -1.38. The molecule has 3 aromatic rings. The van der Waals surface area contributed by atoms with Gasteiger partial charge in [-0.15, -0.1) is 0 Å². The third-order valence-electron chi connectivity index (χ3n) is 3.96. The van der Waals surface area contributed by atoms with E-state index in [0.29, 0.717) is 5.56 Å². The van der Waals surface area contributed by atoms with Crippen LogP contribution in [0.25, 0.3) is 0 Å². The highest BCUT2D eigenvalue weighted by Gasteiger charge is 2.12. The first-order valence-corrected chi connectivity index (χ1v) is 9.26. The molecule has 160 valence electrons. The van der Waals surface area contributed by atoms with Gasteiger partial charge in [-0.1, -0.05) is 17.7 Å². The maximum absolute atomic E-state index is 14.3. The number of benzene rings is 2. The van der Waals surface area contributed by atoms with Crippen molar-refractivity contribution in [3.8, 4) is 11.5 Å². The normalized spacial score (nSPS) is 10.3. The van der Waals surface area contributed by atoms with Crippen LogP contribution in [0.2, 0.25) is 5.02 Å². The molecule has 0 radical (unpaired) electrons. The second-order valence-electron chi connectivity index (χ2n) is 6.15. The first kappa shape index (κ1) is 22.0. The van der Waals surface area contributed by atoms with E-state index in [0.717, 1.165) is 12.1 Å². The number of ether oxygens (including phenoxy) is 2. The predicted molar refractivity (Wildman–Crippen MR) is 109 cm³/mol. The monoisotopic (exact) mass is 447 g/mol. The smallest absolute Gasteiger partial charge is 0.412 e. The van der Waals surface area contributed by atoms with Gasteiger partial charge in [0, 0.05) is 25.4 Å². The minimum atomic E-state index is -0.924. The van der Waals surface area contributed by atoms with Gasteiger partial charge in [-0.25, -0.2) is 13.6 Å². The Labute approximate surface area is 181 Å². The molecule has 3 rings (SSSR count). The van der Waals surface area contributed by atoms with E-state index in [1.165, 1.54) is 49.6 Å². The zero-order valence-electron chi connectivity index (χ0n) is 16.1. The molecule has 7 nitrogen and oxygen atoms in total. The number of halogens is 3. The molecule has 1 heterocycles. The van der Waals surface area contributed by atoms with Crippen LogP contribution in [0.4, 0.5) is 19.3 Å².